The van der Waals surface area contributed by atoms with Crippen molar-refractivity contribution in [3.8, 4) is 0 Å². The second-order valence-corrected chi connectivity index (χ2v) is 13.3. The van der Waals surface area contributed by atoms with Crippen molar-refractivity contribution in [2.75, 3.05) is 5.32 Å². The molecule has 2 aromatic rings. The van der Waals surface area contributed by atoms with E-state index in [1.54, 1.807) is 0 Å². The molecular formula is C27H29ClF3N3O6S. The van der Waals surface area contributed by atoms with Crippen LogP contribution in [-0.2, 0) is 19.4 Å². The number of benzene rings is 2. The third kappa shape index (κ3) is 6.27. The molecule has 0 saturated heterocycles. The summed E-state index contributed by atoms with van der Waals surface area (Å²) in [6.07, 6.45) is 0.975. The van der Waals surface area contributed by atoms with E-state index in [4.69, 9.17) is 23.1 Å². The summed E-state index contributed by atoms with van der Waals surface area (Å²) in [5.74, 6) is -7.60. The smallest absolute Gasteiger partial charge is 0.255 e. The van der Waals surface area contributed by atoms with Gasteiger partial charge in [0.25, 0.3) is 5.91 Å². The number of fused-ring (bicyclic) bond motifs is 2. The molecule has 2 saturated carbocycles. The predicted molar refractivity (Wildman–Crippen MR) is 143 cm³/mol. The number of hydrogen-bond donors (Lipinski definition) is 4. The standard InChI is InChI=1S/C27H29ClF3N3O6S/c28-18-4-1-13(26(37)34-16-10-19(29)25(31)20(30)11-16)7-23(18)41(39,40)17-8-14-2-3-15(9-17)27(14,38)6-5-22(35)21(32)12-24(33)36/h1,4,7,10-11,14-15,17,21,38H,2-3,5-6,8-9,12,32H2,(H2,33,36)(H,34,37)/t14?,15?,17?,21-,27?/m0/s1. The van der Waals surface area contributed by atoms with Crippen LogP contribution in [-0.4, -0.2) is 48.0 Å². The van der Waals surface area contributed by atoms with E-state index in [1.807, 2.05) is 0 Å². The van der Waals surface area contributed by atoms with E-state index < -0.39 is 73.6 Å². The molecular weight excluding hydrogens is 587 g/mol. The van der Waals surface area contributed by atoms with E-state index in [2.05, 4.69) is 5.32 Å². The van der Waals surface area contributed by atoms with Crippen LogP contribution in [0.25, 0.3) is 0 Å². The lowest BCUT2D eigenvalue weighted by Gasteiger charge is -2.42. The van der Waals surface area contributed by atoms with Gasteiger partial charge in [-0.25, -0.2) is 21.6 Å². The molecule has 2 aliphatic rings. The molecule has 2 aromatic carbocycles. The number of halogens is 4. The summed E-state index contributed by atoms with van der Waals surface area (Å²) < 4.78 is 67.7. The van der Waals surface area contributed by atoms with Crippen LogP contribution in [0.2, 0.25) is 5.02 Å². The van der Waals surface area contributed by atoms with E-state index in [0.29, 0.717) is 25.0 Å². The van der Waals surface area contributed by atoms with E-state index in [0.717, 1.165) is 6.07 Å². The molecule has 0 aliphatic heterocycles. The minimum Gasteiger partial charge on any atom is -0.389 e. The van der Waals surface area contributed by atoms with Gasteiger partial charge >= 0.3 is 0 Å². The van der Waals surface area contributed by atoms with Gasteiger partial charge in [-0.3, -0.25) is 14.4 Å². The van der Waals surface area contributed by atoms with Crippen LogP contribution in [0, 0.1) is 29.3 Å². The number of Topliss-reactive ketones (excluding diaryl/α,β-unsaturated/α-hetero) is 1. The number of sulfone groups is 1. The molecule has 222 valence electrons. The number of aliphatic hydroxyl groups is 1. The summed E-state index contributed by atoms with van der Waals surface area (Å²) in [7, 11) is -4.11. The van der Waals surface area contributed by atoms with Crippen LogP contribution in [0.4, 0.5) is 18.9 Å². The van der Waals surface area contributed by atoms with Gasteiger partial charge in [0, 0.05) is 36.2 Å². The molecule has 0 radical (unpaired) electrons. The molecule has 0 heterocycles. The Morgan fingerprint density at radius 1 is 1.07 bits per heavy atom. The van der Waals surface area contributed by atoms with Crippen LogP contribution >= 0.6 is 11.6 Å². The summed E-state index contributed by atoms with van der Waals surface area (Å²) in [4.78, 5) is 35.8. The van der Waals surface area contributed by atoms with Gasteiger partial charge in [-0.05, 0) is 62.1 Å². The normalized spacial score (nSPS) is 24.6. The lowest BCUT2D eigenvalue weighted by molar-refractivity contribution is -0.127. The minimum atomic E-state index is -4.11. The lowest BCUT2D eigenvalue weighted by Crippen LogP contribution is -2.48. The zero-order valence-electron chi connectivity index (χ0n) is 21.7. The Hall–Kier alpha value is -3.00. The molecule has 2 unspecified atom stereocenters. The third-order valence-electron chi connectivity index (χ3n) is 8.16. The Kier molecular flexibility index (Phi) is 8.84. The second-order valence-electron chi connectivity index (χ2n) is 10.7. The minimum absolute atomic E-state index is 0.0708. The van der Waals surface area contributed by atoms with Crippen molar-refractivity contribution in [3.63, 3.8) is 0 Å². The Morgan fingerprint density at radius 2 is 1.66 bits per heavy atom. The third-order valence-corrected chi connectivity index (χ3v) is 10.8. The molecule has 0 aromatic heterocycles. The number of ketones is 1. The Bertz CT molecular complexity index is 1470. The highest BCUT2D eigenvalue weighted by molar-refractivity contribution is 7.92. The first kappa shape index (κ1) is 30.9. The van der Waals surface area contributed by atoms with Crippen LogP contribution in [0.1, 0.15) is 55.3 Å². The number of hydrogen-bond acceptors (Lipinski definition) is 7. The average Bonchev–Trinajstić information content (AvgIpc) is 3.05. The Balaban J connectivity index is 1.50. The zero-order valence-corrected chi connectivity index (χ0v) is 23.3. The SMILES string of the molecule is NC(=O)C[C@H](N)C(=O)CCC1(O)C2CCC1CC(S(=O)(=O)c1cc(C(=O)Nc3cc(F)c(F)c(F)c3)ccc1Cl)C2. The number of amides is 2. The average molecular weight is 616 g/mol. The first-order valence-electron chi connectivity index (χ1n) is 12.9. The fourth-order valence-corrected chi connectivity index (χ4v) is 8.39. The van der Waals surface area contributed by atoms with Crippen LogP contribution in [0.15, 0.2) is 35.2 Å². The van der Waals surface area contributed by atoms with Crippen LogP contribution in [0.5, 0.6) is 0 Å². The number of primary amides is 1. The molecule has 3 atom stereocenters. The number of carbonyl (C=O) groups is 3. The van der Waals surface area contributed by atoms with Gasteiger partial charge in [0.05, 0.1) is 26.8 Å². The highest BCUT2D eigenvalue weighted by atomic mass is 35.5. The molecule has 2 bridgehead atoms. The van der Waals surface area contributed by atoms with E-state index >= 15 is 0 Å². The van der Waals surface area contributed by atoms with Crippen molar-refractivity contribution in [1.29, 1.82) is 0 Å². The fourth-order valence-electron chi connectivity index (χ4n) is 5.98. The Morgan fingerprint density at radius 3 is 2.22 bits per heavy atom. The van der Waals surface area contributed by atoms with Crippen molar-refractivity contribution >= 4 is 44.7 Å². The molecule has 9 nitrogen and oxygen atoms in total. The highest BCUT2D eigenvalue weighted by Crippen LogP contribution is 2.54. The Labute approximate surface area is 239 Å². The van der Waals surface area contributed by atoms with E-state index in [9.17, 15) is 41.1 Å². The quantitative estimate of drug-likeness (QED) is 0.297. The van der Waals surface area contributed by atoms with Gasteiger partial charge in [0.1, 0.15) is 5.78 Å². The maximum atomic E-state index is 13.7. The maximum absolute atomic E-state index is 13.7. The molecule has 2 amide bonds. The van der Waals surface area contributed by atoms with Gasteiger partial charge in [0.2, 0.25) is 5.91 Å². The summed E-state index contributed by atoms with van der Waals surface area (Å²) in [5.41, 5.74) is 8.99. The van der Waals surface area contributed by atoms with Crippen molar-refractivity contribution in [2.24, 2.45) is 23.3 Å². The fraction of sp³-hybridized carbons (Fsp3) is 0.444. The largest absolute Gasteiger partial charge is 0.389 e. The maximum Gasteiger partial charge on any atom is 0.255 e. The number of carbonyl (C=O) groups excluding carboxylic acids is 3. The molecule has 6 N–H and O–H groups in total. The summed E-state index contributed by atoms with van der Waals surface area (Å²) in [5, 5.41) is 12.6. The summed E-state index contributed by atoms with van der Waals surface area (Å²) in [6.45, 7) is 0. The summed E-state index contributed by atoms with van der Waals surface area (Å²) >= 11 is 6.24. The first-order chi connectivity index (χ1) is 19.1. The molecule has 0 spiro atoms. The second kappa shape index (κ2) is 11.7. The van der Waals surface area contributed by atoms with Crippen LogP contribution < -0.4 is 16.8 Å². The monoisotopic (exact) mass is 615 g/mol. The number of nitrogens with one attached hydrogen (secondary N) is 1. The number of rotatable bonds is 10. The van der Waals surface area contributed by atoms with Gasteiger partial charge < -0.3 is 21.9 Å². The van der Waals surface area contributed by atoms with Crippen LogP contribution in [0.3, 0.4) is 0 Å². The molecule has 14 heteroatoms. The highest BCUT2D eigenvalue weighted by Gasteiger charge is 2.55. The molecule has 2 aliphatic carbocycles. The molecule has 4 rings (SSSR count). The van der Waals surface area contributed by atoms with E-state index in [-0.39, 0.29) is 53.3 Å². The van der Waals surface area contributed by atoms with Gasteiger partial charge in [-0.2, -0.15) is 0 Å². The van der Waals surface area contributed by atoms with Crippen molar-refractivity contribution in [3.05, 3.63) is 58.4 Å². The topological polar surface area (TPSA) is 170 Å². The lowest BCUT2D eigenvalue weighted by atomic mass is 9.71. The molecule has 41 heavy (non-hydrogen) atoms. The first-order valence-corrected chi connectivity index (χ1v) is 14.8. The van der Waals surface area contributed by atoms with Crippen molar-refractivity contribution in [2.45, 2.75) is 66.7 Å². The number of anilines is 1. The van der Waals surface area contributed by atoms with E-state index in [1.165, 1.54) is 12.1 Å². The van der Waals surface area contributed by atoms with Gasteiger partial charge in [0.15, 0.2) is 27.3 Å². The summed E-state index contributed by atoms with van der Waals surface area (Å²) in [6, 6.07) is 3.60. The zero-order chi connectivity index (χ0) is 30.3. The molecule has 2 fully saturated rings. The van der Waals surface area contributed by atoms with Gasteiger partial charge in [-0.1, -0.05) is 11.6 Å². The predicted octanol–water partition coefficient (Wildman–Crippen LogP) is 3.25. The number of nitrogens with two attached hydrogens (primary N) is 2. The van der Waals surface area contributed by atoms with Crippen molar-refractivity contribution < 1.29 is 41.1 Å². The van der Waals surface area contributed by atoms with Gasteiger partial charge in [-0.15, -0.1) is 0 Å². The van der Waals surface area contributed by atoms with Crippen molar-refractivity contribution in [1.82, 2.24) is 0 Å².